The van der Waals surface area contributed by atoms with Gasteiger partial charge in [-0.3, -0.25) is 4.79 Å². The van der Waals surface area contributed by atoms with Gasteiger partial charge in [-0.25, -0.2) is 4.79 Å². The lowest BCUT2D eigenvalue weighted by molar-refractivity contribution is 0.0193. The number of hydrogen-bond acceptors (Lipinski definition) is 7. The van der Waals surface area contributed by atoms with E-state index in [1.165, 1.54) is 32.8 Å². The van der Waals surface area contributed by atoms with Crippen molar-refractivity contribution in [2.45, 2.75) is 105 Å². The molecule has 3 N–H and O–H groups in total. The number of fused-ring (bicyclic) bond motifs is 4. The molecule has 0 amide bonds. The first-order chi connectivity index (χ1) is 23.3. The molecule has 0 radical (unpaired) electrons. The Labute approximate surface area is 289 Å². The van der Waals surface area contributed by atoms with E-state index in [9.17, 15) is 24.9 Å². The molecular formula is C42H50O7. The number of phenolic OH excluding ortho intramolecular Hbond substituents is 3. The number of aromatic hydroxyl groups is 3. The Hall–Kier alpha value is -4.26. The standard InChI is InChI=1S/C42H50O7/c1-8-9-10-11-21(2)12-22(3)14-30-19-28-18-29-20-32(48-7)38(40(45)34(29)25(6)35(28)42(47)49-30)33-24(5)16-27-17-26-13-23(4)15-31(43)36(26)41(46)37(27)39(33)44/h16-18,20-23,30,44-46H,8-15,19H2,1-7H3. The van der Waals surface area contributed by atoms with E-state index in [1.807, 2.05) is 45.0 Å². The van der Waals surface area contributed by atoms with Crippen LogP contribution in [0.3, 0.4) is 0 Å². The normalized spacial score (nSPS) is 18.7. The second-order valence-corrected chi connectivity index (χ2v) is 15.1. The molecule has 7 nitrogen and oxygen atoms in total. The fourth-order valence-corrected chi connectivity index (χ4v) is 8.75. The van der Waals surface area contributed by atoms with Crippen LogP contribution in [-0.2, 0) is 17.6 Å². The highest BCUT2D eigenvalue weighted by molar-refractivity contribution is 6.12. The maximum atomic E-state index is 13.6. The van der Waals surface area contributed by atoms with Crippen LogP contribution in [0, 0.1) is 31.6 Å². The fourth-order valence-electron chi connectivity index (χ4n) is 8.75. The van der Waals surface area contributed by atoms with Gasteiger partial charge >= 0.3 is 5.97 Å². The summed E-state index contributed by atoms with van der Waals surface area (Å²) in [4.78, 5) is 26.6. The van der Waals surface area contributed by atoms with E-state index >= 15 is 0 Å². The van der Waals surface area contributed by atoms with Gasteiger partial charge in [-0.1, -0.05) is 59.4 Å². The third-order valence-corrected chi connectivity index (χ3v) is 10.9. The lowest BCUT2D eigenvalue weighted by Crippen LogP contribution is -2.30. The van der Waals surface area contributed by atoms with Gasteiger partial charge in [0.25, 0.3) is 0 Å². The summed E-state index contributed by atoms with van der Waals surface area (Å²) in [5.74, 6) is 0.390. The number of carbonyl (C=O) groups is 2. The van der Waals surface area contributed by atoms with Crippen LogP contribution >= 0.6 is 0 Å². The molecule has 0 saturated carbocycles. The third-order valence-electron chi connectivity index (χ3n) is 10.9. The molecule has 1 aliphatic heterocycles. The Morgan fingerprint density at radius 3 is 2.16 bits per heavy atom. The molecule has 0 fully saturated rings. The van der Waals surface area contributed by atoms with Gasteiger partial charge in [0.15, 0.2) is 5.78 Å². The van der Waals surface area contributed by atoms with Gasteiger partial charge in [0.2, 0.25) is 0 Å². The first-order valence-corrected chi connectivity index (χ1v) is 18.0. The van der Waals surface area contributed by atoms with E-state index in [0.29, 0.717) is 64.3 Å². The van der Waals surface area contributed by atoms with E-state index in [-0.39, 0.29) is 63.1 Å². The van der Waals surface area contributed by atoms with Crippen molar-refractivity contribution < 1.29 is 34.4 Å². The van der Waals surface area contributed by atoms with Crippen molar-refractivity contribution >= 4 is 33.3 Å². The van der Waals surface area contributed by atoms with Crippen LogP contribution in [0.15, 0.2) is 24.3 Å². The molecule has 0 bridgehead atoms. The number of phenols is 3. The summed E-state index contributed by atoms with van der Waals surface area (Å²) in [5, 5.41) is 37.2. The van der Waals surface area contributed by atoms with Crippen molar-refractivity contribution in [3.8, 4) is 34.1 Å². The number of aryl methyl sites for hydroxylation is 2. The number of benzene rings is 4. The fraction of sp³-hybridized carbons (Fsp3) is 0.476. The molecule has 4 aromatic rings. The first kappa shape index (κ1) is 34.6. The summed E-state index contributed by atoms with van der Waals surface area (Å²) in [6, 6.07) is 7.50. The zero-order valence-electron chi connectivity index (χ0n) is 30.0. The van der Waals surface area contributed by atoms with Crippen LogP contribution < -0.4 is 4.74 Å². The largest absolute Gasteiger partial charge is 0.506 e. The number of esters is 1. The lowest BCUT2D eigenvalue weighted by atomic mass is 9.81. The number of cyclic esters (lactones) is 1. The monoisotopic (exact) mass is 666 g/mol. The van der Waals surface area contributed by atoms with Crippen molar-refractivity contribution in [1.29, 1.82) is 0 Å². The topological polar surface area (TPSA) is 113 Å². The van der Waals surface area contributed by atoms with Crippen LogP contribution in [0.4, 0.5) is 0 Å². The molecule has 0 aromatic heterocycles. The molecule has 0 spiro atoms. The predicted octanol–water partition coefficient (Wildman–Crippen LogP) is 9.88. The average molecular weight is 667 g/mol. The van der Waals surface area contributed by atoms with Gasteiger partial charge in [-0.05, 0) is 102 Å². The summed E-state index contributed by atoms with van der Waals surface area (Å²) >= 11 is 0. The van der Waals surface area contributed by atoms with Crippen LogP contribution in [0.5, 0.6) is 23.0 Å². The van der Waals surface area contributed by atoms with Crippen molar-refractivity contribution in [2.75, 3.05) is 7.11 Å². The molecule has 1 heterocycles. The molecule has 1 aliphatic carbocycles. The smallest absolute Gasteiger partial charge is 0.338 e. The first-order valence-electron chi connectivity index (χ1n) is 18.0. The quantitative estimate of drug-likeness (QED) is 0.114. The number of ketones is 1. The molecule has 6 rings (SSSR count). The summed E-state index contributed by atoms with van der Waals surface area (Å²) in [7, 11) is 1.51. The van der Waals surface area contributed by atoms with Crippen LogP contribution in [0.1, 0.15) is 116 Å². The van der Waals surface area contributed by atoms with Crippen LogP contribution in [-0.4, -0.2) is 40.3 Å². The van der Waals surface area contributed by atoms with Crippen LogP contribution in [0.25, 0.3) is 32.7 Å². The molecule has 0 saturated heterocycles. The average Bonchev–Trinajstić information content (AvgIpc) is 3.00. The predicted molar refractivity (Wildman–Crippen MR) is 194 cm³/mol. The minimum Gasteiger partial charge on any atom is -0.506 e. The van der Waals surface area contributed by atoms with Crippen molar-refractivity contribution in [3.63, 3.8) is 0 Å². The number of unbranched alkanes of at least 4 members (excludes halogenated alkanes) is 2. The Morgan fingerprint density at radius 2 is 1.47 bits per heavy atom. The van der Waals surface area contributed by atoms with Gasteiger partial charge in [-0.2, -0.15) is 0 Å². The minimum absolute atomic E-state index is 0.143. The Morgan fingerprint density at radius 1 is 0.816 bits per heavy atom. The second kappa shape index (κ2) is 13.6. The second-order valence-electron chi connectivity index (χ2n) is 15.1. The highest BCUT2D eigenvalue weighted by atomic mass is 16.5. The highest BCUT2D eigenvalue weighted by Gasteiger charge is 2.33. The van der Waals surface area contributed by atoms with Crippen molar-refractivity contribution in [2.24, 2.45) is 17.8 Å². The minimum atomic E-state index is -0.385. The van der Waals surface area contributed by atoms with Gasteiger partial charge in [0.1, 0.15) is 29.1 Å². The molecule has 260 valence electrons. The molecule has 4 atom stereocenters. The van der Waals surface area contributed by atoms with Gasteiger partial charge in [0, 0.05) is 23.8 Å². The summed E-state index contributed by atoms with van der Waals surface area (Å²) in [6.07, 6.45) is 8.25. The van der Waals surface area contributed by atoms with E-state index in [2.05, 4.69) is 20.8 Å². The Bertz CT molecular complexity index is 1970. The summed E-state index contributed by atoms with van der Waals surface area (Å²) < 4.78 is 11.8. The van der Waals surface area contributed by atoms with E-state index < -0.39 is 0 Å². The Balaban J connectivity index is 1.41. The van der Waals surface area contributed by atoms with Gasteiger partial charge in [0.05, 0.1) is 29.2 Å². The van der Waals surface area contributed by atoms with E-state index in [0.717, 1.165) is 29.4 Å². The third kappa shape index (κ3) is 6.21. The molecule has 49 heavy (non-hydrogen) atoms. The van der Waals surface area contributed by atoms with Gasteiger partial charge < -0.3 is 24.8 Å². The van der Waals surface area contributed by atoms with Crippen molar-refractivity contribution in [1.82, 2.24) is 0 Å². The SMILES string of the molecule is CCCCCC(C)CC(C)CC1Cc2cc3cc(OC)c(-c4c(C)cc5cc6c(c(O)c5c4O)C(=O)CC(C)C6)c(O)c3c(C)c2C(=O)O1. The maximum Gasteiger partial charge on any atom is 0.338 e. The summed E-state index contributed by atoms with van der Waals surface area (Å²) in [5.41, 5.74) is 4.16. The van der Waals surface area contributed by atoms with E-state index in [4.69, 9.17) is 9.47 Å². The number of ether oxygens (including phenoxy) is 2. The maximum absolute atomic E-state index is 13.6. The van der Waals surface area contributed by atoms with E-state index in [1.54, 1.807) is 0 Å². The molecule has 4 unspecified atom stereocenters. The molecule has 2 aliphatic rings. The lowest BCUT2D eigenvalue weighted by Gasteiger charge is -2.29. The summed E-state index contributed by atoms with van der Waals surface area (Å²) in [6.45, 7) is 12.4. The number of carbonyl (C=O) groups excluding carboxylic acids is 2. The Kier molecular flexibility index (Phi) is 9.58. The number of Topliss-reactive ketones (excluding diaryl/α,β-unsaturated/α-hetero) is 1. The zero-order valence-corrected chi connectivity index (χ0v) is 30.0. The highest BCUT2D eigenvalue weighted by Crippen LogP contribution is 2.53. The number of methoxy groups -OCH3 is 1. The zero-order chi connectivity index (χ0) is 35.3. The molecule has 7 heteroatoms. The molecule has 4 aromatic carbocycles. The number of hydrogen-bond donors (Lipinski definition) is 3. The van der Waals surface area contributed by atoms with Crippen LogP contribution in [0.2, 0.25) is 0 Å². The van der Waals surface area contributed by atoms with Crippen molar-refractivity contribution in [3.05, 3.63) is 57.6 Å². The van der Waals surface area contributed by atoms with Gasteiger partial charge in [-0.15, -0.1) is 0 Å². The molecular weight excluding hydrogens is 616 g/mol. The number of rotatable bonds is 10.